The summed E-state index contributed by atoms with van der Waals surface area (Å²) in [6.45, 7) is 1.96. The van der Waals surface area contributed by atoms with Crippen LogP contribution < -0.4 is 10.6 Å². The number of tetrazole rings is 1. The van der Waals surface area contributed by atoms with Crippen LogP contribution in [-0.4, -0.2) is 38.1 Å². The molecule has 0 spiro atoms. The van der Waals surface area contributed by atoms with Crippen LogP contribution in [0.2, 0.25) is 0 Å². The van der Waals surface area contributed by atoms with Gasteiger partial charge in [0.2, 0.25) is 11.7 Å². The molecule has 8 heteroatoms. The molecule has 3 aromatic rings. The lowest BCUT2D eigenvalue weighted by molar-refractivity contribution is -0.122. The highest BCUT2D eigenvalue weighted by atomic mass is 16.2. The molecule has 2 aromatic carbocycles. The first kappa shape index (κ1) is 19.8. The molecule has 1 heterocycles. The standard InChI is InChI=1S/C22H24N6O2/c1-15-7-6-8-16(13-15)22(30)24-19-12-5-4-11-18(19)21-25-27-28(26-21)14-20(29)23-17-9-2-3-10-17/h4-8,11-13,17H,2-3,9-10,14H2,1H3,(H,23,29)(H,24,30). The van der Waals surface area contributed by atoms with Crippen molar-refractivity contribution in [2.75, 3.05) is 5.32 Å². The largest absolute Gasteiger partial charge is 0.352 e. The van der Waals surface area contributed by atoms with Gasteiger partial charge in [-0.25, -0.2) is 0 Å². The van der Waals surface area contributed by atoms with Crippen LogP contribution in [0.1, 0.15) is 41.6 Å². The van der Waals surface area contributed by atoms with Crippen molar-refractivity contribution >= 4 is 17.5 Å². The fourth-order valence-electron chi connectivity index (χ4n) is 3.66. The predicted molar refractivity (Wildman–Crippen MR) is 113 cm³/mol. The smallest absolute Gasteiger partial charge is 0.255 e. The lowest BCUT2D eigenvalue weighted by atomic mass is 10.1. The Kier molecular flexibility index (Phi) is 5.83. The Morgan fingerprint density at radius 2 is 1.90 bits per heavy atom. The Labute approximate surface area is 174 Å². The van der Waals surface area contributed by atoms with Gasteiger partial charge in [-0.05, 0) is 49.2 Å². The normalized spacial score (nSPS) is 13.9. The molecule has 30 heavy (non-hydrogen) atoms. The van der Waals surface area contributed by atoms with E-state index < -0.39 is 0 Å². The summed E-state index contributed by atoms with van der Waals surface area (Å²) >= 11 is 0. The number of benzene rings is 2. The number of rotatable bonds is 6. The number of anilines is 1. The zero-order valence-corrected chi connectivity index (χ0v) is 16.8. The van der Waals surface area contributed by atoms with Crippen molar-refractivity contribution in [2.24, 2.45) is 0 Å². The summed E-state index contributed by atoms with van der Waals surface area (Å²) in [5.41, 5.74) is 2.81. The van der Waals surface area contributed by atoms with E-state index in [1.54, 1.807) is 12.1 Å². The Hall–Kier alpha value is -3.55. The Morgan fingerprint density at radius 1 is 1.10 bits per heavy atom. The highest BCUT2D eigenvalue weighted by Gasteiger charge is 2.19. The van der Waals surface area contributed by atoms with Gasteiger partial charge >= 0.3 is 0 Å². The van der Waals surface area contributed by atoms with Gasteiger partial charge in [0, 0.05) is 17.2 Å². The van der Waals surface area contributed by atoms with E-state index in [0.717, 1.165) is 31.2 Å². The molecular weight excluding hydrogens is 380 g/mol. The van der Waals surface area contributed by atoms with Gasteiger partial charge in [0.25, 0.3) is 5.91 Å². The molecule has 1 aromatic heterocycles. The molecule has 0 aliphatic heterocycles. The average Bonchev–Trinajstić information content (AvgIpc) is 3.40. The Bertz CT molecular complexity index is 1060. The van der Waals surface area contributed by atoms with Gasteiger partial charge in [0.15, 0.2) is 0 Å². The molecule has 2 amide bonds. The summed E-state index contributed by atoms with van der Waals surface area (Å²) in [5.74, 6) is 0.0187. The minimum atomic E-state index is -0.213. The van der Waals surface area contributed by atoms with Crippen LogP contribution in [0.3, 0.4) is 0 Å². The van der Waals surface area contributed by atoms with E-state index in [1.165, 1.54) is 4.80 Å². The van der Waals surface area contributed by atoms with Crippen LogP contribution in [0.15, 0.2) is 48.5 Å². The number of carbonyl (C=O) groups is 2. The maximum absolute atomic E-state index is 12.6. The molecule has 154 valence electrons. The van der Waals surface area contributed by atoms with Crippen molar-refractivity contribution < 1.29 is 9.59 Å². The number of aryl methyl sites for hydroxylation is 1. The van der Waals surface area contributed by atoms with Gasteiger partial charge in [-0.3, -0.25) is 9.59 Å². The fourth-order valence-corrected chi connectivity index (χ4v) is 3.66. The minimum absolute atomic E-state index is 0.0152. The molecule has 0 saturated heterocycles. The molecular formula is C22H24N6O2. The number of nitrogens with one attached hydrogen (secondary N) is 2. The summed E-state index contributed by atoms with van der Waals surface area (Å²) in [6.07, 6.45) is 4.36. The molecule has 1 saturated carbocycles. The van der Waals surface area contributed by atoms with Crippen LogP contribution >= 0.6 is 0 Å². The third kappa shape index (κ3) is 4.71. The number of nitrogens with zero attached hydrogens (tertiary/aromatic N) is 4. The number of hydrogen-bond acceptors (Lipinski definition) is 5. The first-order valence-electron chi connectivity index (χ1n) is 10.1. The van der Waals surface area contributed by atoms with Gasteiger partial charge in [-0.2, -0.15) is 4.80 Å². The van der Waals surface area contributed by atoms with Crippen LogP contribution in [0, 0.1) is 6.92 Å². The first-order valence-corrected chi connectivity index (χ1v) is 10.1. The second kappa shape index (κ2) is 8.86. The number of hydrogen-bond donors (Lipinski definition) is 2. The molecule has 8 nitrogen and oxygen atoms in total. The first-order chi connectivity index (χ1) is 14.6. The molecule has 0 unspecified atom stereocenters. The van der Waals surface area contributed by atoms with Crippen molar-refractivity contribution in [1.82, 2.24) is 25.5 Å². The van der Waals surface area contributed by atoms with Gasteiger partial charge in [-0.15, -0.1) is 10.2 Å². The van der Waals surface area contributed by atoms with Crippen molar-refractivity contribution in [3.63, 3.8) is 0 Å². The molecule has 1 aliphatic carbocycles. The monoisotopic (exact) mass is 404 g/mol. The van der Waals surface area contributed by atoms with Crippen LogP contribution in [0.5, 0.6) is 0 Å². The van der Waals surface area contributed by atoms with Crippen LogP contribution in [0.4, 0.5) is 5.69 Å². The van der Waals surface area contributed by atoms with Gasteiger partial charge < -0.3 is 10.6 Å². The van der Waals surface area contributed by atoms with Crippen molar-refractivity contribution in [3.8, 4) is 11.4 Å². The summed E-state index contributed by atoms with van der Waals surface area (Å²) in [7, 11) is 0. The minimum Gasteiger partial charge on any atom is -0.352 e. The number of carbonyl (C=O) groups excluding carboxylic acids is 2. The van der Waals surface area contributed by atoms with E-state index >= 15 is 0 Å². The maximum atomic E-state index is 12.6. The van der Waals surface area contributed by atoms with Gasteiger partial charge in [0.1, 0.15) is 6.54 Å². The summed E-state index contributed by atoms with van der Waals surface area (Å²) in [5, 5.41) is 18.3. The highest BCUT2D eigenvalue weighted by Crippen LogP contribution is 2.25. The lowest BCUT2D eigenvalue weighted by Gasteiger charge is -2.11. The molecule has 0 bridgehead atoms. The SMILES string of the molecule is Cc1cccc(C(=O)Nc2ccccc2-c2nnn(CC(=O)NC3CCCC3)n2)c1. The quantitative estimate of drug-likeness (QED) is 0.658. The number of aromatic nitrogens is 4. The molecule has 2 N–H and O–H groups in total. The van der Waals surface area contributed by atoms with E-state index in [4.69, 9.17) is 0 Å². The molecule has 1 fully saturated rings. The maximum Gasteiger partial charge on any atom is 0.255 e. The zero-order chi connectivity index (χ0) is 20.9. The van der Waals surface area contributed by atoms with E-state index in [2.05, 4.69) is 26.0 Å². The van der Waals surface area contributed by atoms with Crippen LogP contribution in [0.25, 0.3) is 11.4 Å². The molecule has 0 atom stereocenters. The van der Waals surface area contributed by atoms with E-state index in [0.29, 0.717) is 22.6 Å². The van der Waals surface area contributed by atoms with Crippen molar-refractivity contribution in [2.45, 2.75) is 45.2 Å². The zero-order valence-electron chi connectivity index (χ0n) is 16.8. The highest BCUT2D eigenvalue weighted by molar-refractivity contribution is 6.06. The number of amides is 2. The topological polar surface area (TPSA) is 102 Å². The third-order valence-corrected chi connectivity index (χ3v) is 5.15. The summed E-state index contributed by atoms with van der Waals surface area (Å²) in [4.78, 5) is 26.1. The van der Waals surface area contributed by atoms with Gasteiger partial charge in [-0.1, -0.05) is 42.7 Å². The second-order valence-corrected chi connectivity index (χ2v) is 7.56. The summed E-state index contributed by atoms with van der Waals surface area (Å²) in [6, 6.07) is 14.9. The van der Waals surface area contributed by atoms with E-state index in [9.17, 15) is 9.59 Å². The molecule has 0 radical (unpaired) electrons. The second-order valence-electron chi connectivity index (χ2n) is 7.56. The van der Waals surface area contributed by atoms with Crippen molar-refractivity contribution in [3.05, 3.63) is 59.7 Å². The van der Waals surface area contributed by atoms with Gasteiger partial charge in [0.05, 0.1) is 5.69 Å². The molecule has 4 rings (SSSR count). The fraction of sp³-hybridized carbons (Fsp3) is 0.318. The average molecular weight is 404 g/mol. The molecule has 1 aliphatic rings. The predicted octanol–water partition coefficient (Wildman–Crippen LogP) is 2.96. The van der Waals surface area contributed by atoms with E-state index in [1.807, 2.05) is 43.3 Å². The Morgan fingerprint density at radius 3 is 2.70 bits per heavy atom. The van der Waals surface area contributed by atoms with Crippen LogP contribution in [-0.2, 0) is 11.3 Å². The lowest BCUT2D eigenvalue weighted by Crippen LogP contribution is -2.35. The van der Waals surface area contributed by atoms with Crippen molar-refractivity contribution in [1.29, 1.82) is 0 Å². The number of para-hydroxylation sites is 1. The van der Waals surface area contributed by atoms with E-state index in [-0.39, 0.29) is 24.4 Å². The third-order valence-electron chi connectivity index (χ3n) is 5.15. The summed E-state index contributed by atoms with van der Waals surface area (Å²) < 4.78 is 0. The Balaban J connectivity index is 1.47.